The first-order chi connectivity index (χ1) is 17.3. The number of aromatic nitrogens is 1. The normalized spacial score (nSPS) is 11.6. The van der Waals surface area contributed by atoms with Gasteiger partial charge in [-0.25, -0.2) is 4.79 Å². The molecule has 0 aliphatic heterocycles. The van der Waals surface area contributed by atoms with Crippen LogP contribution in [-0.2, 0) is 17.8 Å². The minimum absolute atomic E-state index is 0.0249. The molecule has 0 bridgehead atoms. The van der Waals surface area contributed by atoms with E-state index in [0.717, 1.165) is 16.3 Å². The molecule has 182 valence electrons. The number of alkyl carbamates (subject to hydrolysis) is 1. The Hall–Kier alpha value is -4.52. The maximum Gasteiger partial charge on any atom is 0.408 e. The standard InChI is InChI=1S/C29H26N2O5/c1-18-27(24-11-7-6-10-22(24)16-30-18)28(34)26(14-21-12-13-23(33)15-25(21)19(2)32)31-29(35)36-17-20-8-4-3-5-9-20/h3-13,15-16,26,33H,14,17H2,1-2H3,(H,31,35)/t26-/m0/s1. The molecule has 0 unspecified atom stereocenters. The van der Waals surface area contributed by atoms with Gasteiger partial charge in [-0.3, -0.25) is 14.6 Å². The van der Waals surface area contributed by atoms with Crippen LogP contribution >= 0.6 is 0 Å². The van der Waals surface area contributed by atoms with Crippen molar-refractivity contribution in [3.05, 3.63) is 107 Å². The van der Waals surface area contributed by atoms with E-state index in [9.17, 15) is 19.5 Å². The van der Waals surface area contributed by atoms with Crippen LogP contribution in [0.3, 0.4) is 0 Å². The van der Waals surface area contributed by atoms with Crippen molar-refractivity contribution in [2.24, 2.45) is 0 Å². The third-order valence-corrected chi connectivity index (χ3v) is 5.95. The van der Waals surface area contributed by atoms with Crippen LogP contribution in [-0.4, -0.2) is 33.8 Å². The summed E-state index contributed by atoms with van der Waals surface area (Å²) in [6.45, 7) is 3.17. The molecule has 1 aromatic heterocycles. The molecule has 0 radical (unpaired) electrons. The minimum Gasteiger partial charge on any atom is -0.508 e. The first-order valence-corrected chi connectivity index (χ1v) is 11.5. The van der Waals surface area contributed by atoms with E-state index in [1.807, 2.05) is 54.6 Å². The Labute approximate surface area is 208 Å². The van der Waals surface area contributed by atoms with Crippen LogP contribution in [0.4, 0.5) is 4.79 Å². The van der Waals surface area contributed by atoms with Crippen LogP contribution in [0, 0.1) is 6.92 Å². The Balaban J connectivity index is 1.68. The number of hydrogen-bond donors (Lipinski definition) is 2. The number of hydrogen-bond acceptors (Lipinski definition) is 6. The van der Waals surface area contributed by atoms with Gasteiger partial charge in [0.15, 0.2) is 11.6 Å². The number of aryl methyl sites for hydroxylation is 1. The van der Waals surface area contributed by atoms with Crippen molar-refractivity contribution in [1.82, 2.24) is 10.3 Å². The molecule has 36 heavy (non-hydrogen) atoms. The lowest BCUT2D eigenvalue weighted by Gasteiger charge is -2.21. The number of rotatable bonds is 8. The highest BCUT2D eigenvalue weighted by atomic mass is 16.5. The van der Waals surface area contributed by atoms with E-state index in [1.54, 1.807) is 19.2 Å². The van der Waals surface area contributed by atoms with E-state index < -0.39 is 12.1 Å². The SMILES string of the molecule is CC(=O)c1cc(O)ccc1C[C@H](NC(=O)OCc1ccccc1)C(=O)c1c(C)ncc2ccccc12. The Morgan fingerprint density at radius 2 is 1.72 bits per heavy atom. The molecule has 7 heteroatoms. The number of ether oxygens (including phenoxy) is 1. The second kappa shape index (κ2) is 10.8. The third-order valence-electron chi connectivity index (χ3n) is 5.95. The fraction of sp³-hybridized carbons (Fsp3) is 0.172. The smallest absolute Gasteiger partial charge is 0.408 e. The van der Waals surface area contributed by atoms with Gasteiger partial charge in [0.25, 0.3) is 0 Å². The number of pyridine rings is 1. The summed E-state index contributed by atoms with van der Waals surface area (Å²) in [4.78, 5) is 43.3. The number of carbonyl (C=O) groups is 3. The van der Waals surface area contributed by atoms with Crippen molar-refractivity contribution in [3.8, 4) is 5.75 Å². The molecule has 0 spiro atoms. The first kappa shape index (κ1) is 24.6. The number of nitrogens with zero attached hydrogens (tertiary/aromatic N) is 1. The molecule has 2 N–H and O–H groups in total. The third kappa shape index (κ3) is 5.58. The number of benzene rings is 3. The van der Waals surface area contributed by atoms with Crippen molar-refractivity contribution in [1.29, 1.82) is 0 Å². The van der Waals surface area contributed by atoms with Gasteiger partial charge in [0, 0.05) is 34.8 Å². The summed E-state index contributed by atoms with van der Waals surface area (Å²) in [5, 5.41) is 14.1. The van der Waals surface area contributed by atoms with Gasteiger partial charge >= 0.3 is 6.09 Å². The lowest BCUT2D eigenvalue weighted by Crippen LogP contribution is -2.43. The van der Waals surface area contributed by atoms with Crippen molar-refractivity contribution >= 4 is 28.4 Å². The Bertz CT molecular complexity index is 1430. The van der Waals surface area contributed by atoms with E-state index in [0.29, 0.717) is 16.8 Å². The van der Waals surface area contributed by atoms with Crippen molar-refractivity contribution in [3.63, 3.8) is 0 Å². The monoisotopic (exact) mass is 482 g/mol. The molecule has 3 aromatic carbocycles. The van der Waals surface area contributed by atoms with Gasteiger partial charge in [0.1, 0.15) is 12.4 Å². The number of ketones is 2. The lowest BCUT2D eigenvalue weighted by molar-refractivity contribution is 0.0915. The number of nitrogens with one attached hydrogen (secondary N) is 1. The summed E-state index contributed by atoms with van der Waals surface area (Å²) >= 11 is 0. The maximum atomic E-state index is 13.9. The van der Waals surface area contributed by atoms with Crippen LogP contribution in [0.15, 0.2) is 79.0 Å². The predicted octanol–water partition coefficient (Wildman–Crippen LogP) is 5.17. The molecule has 0 aliphatic rings. The van der Waals surface area contributed by atoms with Crippen LogP contribution in [0.5, 0.6) is 5.75 Å². The molecule has 1 atom stereocenters. The molecule has 0 aliphatic carbocycles. The fourth-order valence-corrected chi connectivity index (χ4v) is 4.15. The Morgan fingerprint density at radius 1 is 1.00 bits per heavy atom. The van der Waals surface area contributed by atoms with Gasteiger partial charge in [0.2, 0.25) is 0 Å². The molecule has 4 aromatic rings. The highest BCUT2D eigenvalue weighted by Crippen LogP contribution is 2.24. The zero-order valence-electron chi connectivity index (χ0n) is 20.0. The topological polar surface area (TPSA) is 106 Å². The van der Waals surface area contributed by atoms with Gasteiger partial charge < -0.3 is 15.2 Å². The number of phenolic OH excluding ortho intramolecular Hbond substituents is 1. The van der Waals surface area contributed by atoms with Crippen molar-refractivity contribution in [2.75, 3.05) is 0 Å². The van der Waals surface area contributed by atoms with E-state index >= 15 is 0 Å². The summed E-state index contributed by atoms with van der Waals surface area (Å²) in [6.07, 6.45) is 0.967. The van der Waals surface area contributed by atoms with Gasteiger partial charge in [-0.05, 0) is 42.5 Å². The van der Waals surface area contributed by atoms with E-state index in [1.165, 1.54) is 19.1 Å². The van der Waals surface area contributed by atoms with E-state index in [2.05, 4.69) is 10.3 Å². The molecular weight excluding hydrogens is 456 g/mol. The molecule has 0 saturated heterocycles. The summed E-state index contributed by atoms with van der Waals surface area (Å²) in [5.74, 6) is -0.672. The summed E-state index contributed by atoms with van der Waals surface area (Å²) in [7, 11) is 0. The quantitative estimate of drug-likeness (QED) is 0.336. The van der Waals surface area contributed by atoms with E-state index in [-0.39, 0.29) is 35.9 Å². The first-order valence-electron chi connectivity index (χ1n) is 11.5. The second-order valence-electron chi connectivity index (χ2n) is 8.53. The highest BCUT2D eigenvalue weighted by Gasteiger charge is 2.28. The van der Waals surface area contributed by atoms with Crippen LogP contribution in [0.2, 0.25) is 0 Å². The number of phenols is 1. The summed E-state index contributed by atoms with van der Waals surface area (Å²) in [6, 6.07) is 19.9. The molecule has 7 nitrogen and oxygen atoms in total. The highest BCUT2D eigenvalue weighted by molar-refractivity contribution is 6.12. The molecular formula is C29H26N2O5. The van der Waals surface area contributed by atoms with Gasteiger partial charge in [-0.1, -0.05) is 60.7 Å². The van der Waals surface area contributed by atoms with Crippen LogP contribution < -0.4 is 5.32 Å². The largest absolute Gasteiger partial charge is 0.508 e. The Kier molecular flexibility index (Phi) is 7.39. The fourth-order valence-electron chi connectivity index (χ4n) is 4.15. The molecule has 0 saturated carbocycles. The van der Waals surface area contributed by atoms with E-state index in [4.69, 9.17) is 4.74 Å². The predicted molar refractivity (Wildman–Crippen MR) is 136 cm³/mol. The number of Topliss-reactive ketones (excluding diaryl/α,β-unsaturated/α-hetero) is 2. The summed E-state index contributed by atoms with van der Waals surface area (Å²) in [5.41, 5.74) is 2.53. The molecule has 1 heterocycles. The molecule has 0 fully saturated rings. The average molecular weight is 483 g/mol. The molecule has 1 amide bonds. The maximum absolute atomic E-state index is 13.9. The van der Waals surface area contributed by atoms with Crippen LogP contribution in [0.25, 0.3) is 10.8 Å². The molecule has 4 rings (SSSR count). The number of amides is 1. The van der Waals surface area contributed by atoms with Gasteiger partial charge in [-0.2, -0.15) is 0 Å². The van der Waals surface area contributed by atoms with Gasteiger partial charge in [-0.15, -0.1) is 0 Å². The second-order valence-corrected chi connectivity index (χ2v) is 8.53. The number of fused-ring (bicyclic) bond motifs is 1. The van der Waals surface area contributed by atoms with Gasteiger partial charge in [0.05, 0.1) is 6.04 Å². The summed E-state index contributed by atoms with van der Waals surface area (Å²) < 4.78 is 5.37. The number of aromatic hydroxyl groups is 1. The zero-order chi connectivity index (χ0) is 25.7. The zero-order valence-corrected chi connectivity index (χ0v) is 20.0. The average Bonchev–Trinajstić information content (AvgIpc) is 2.88. The van der Waals surface area contributed by atoms with Crippen LogP contribution in [0.1, 0.15) is 44.5 Å². The minimum atomic E-state index is -1.04. The Morgan fingerprint density at radius 3 is 2.47 bits per heavy atom. The lowest BCUT2D eigenvalue weighted by atomic mass is 9.91. The van der Waals surface area contributed by atoms with Crippen molar-refractivity contribution in [2.45, 2.75) is 32.9 Å². The number of carbonyl (C=O) groups excluding carboxylic acids is 3. The van der Waals surface area contributed by atoms with Crippen molar-refractivity contribution < 1.29 is 24.2 Å².